The average molecular weight is 517 g/mol. The van der Waals surface area contributed by atoms with Crippen LogP contribution in [0.4, 0.5) is 0 Å². The topological polar surface area (TPSA) is 93.1 Å². The van der Waals surface area contributed by atoms with Crippen molar-refractivity contribution in [2.45, 2.75) is 123 Å². The van der Waals surface area contributed by atoms with Crippen LogP contribution in [0.2, 0.25) is 0 Å². The Morgan fingerprint density at radius 3 is 2.54 bits per heavy atom. The zero-order chi connectivity index (χ0) is 27.6. The van der Waals surface area contributed by atoms with Crippen LogP contribution in [-0.2, 0) is 19.1 Å². The van der Waals surface area contributed by atoms with Gasteiger partial charge in [-0.15, -0.1) is 0 Å². The van der Waals surface area contributed by atoms with Crippen molar-refractivity contribution in [3.05, 3.63) is 35.5 Å². The van der Waals surface area contributed by atoms with Crippen molar-refractivity contribution in [1.82, 2.24) is 0 Å². The van der Waals surface area contributed by atoms with Gasteiger partial charge in [-0.3, -0.25) is 9.59 Å². The number of aliphatic hydroxyl groups is 2. The minimum atomic E-state index is -1.73. The molecule has 0 spiro atoms. The normalized spacial score (nSPS) is 35.4. The number of esters is 2. The summed E-state index contributed by atoms with van der Waals surface area (Å²) in [4.78, 5) is 23.3. The molecule has 3 rings (SSSR count). The van der Waals surface area contributed by atoms with Crippen LogP contribution in [0.15, 0.2) is 35.5 Å². The number of carbonyl (C=O) groups is 2. The van der Waals surface area contributed by atoms with E-state index in [1.165, 1.54) is 38.7 Å². The fourth-order valence-electron chi connectivity index (χ4n) is 7.41. The molecule has 6 atom stereocenters. The van der Waals surface area contributed by atoms with Crippen molar-refractivity contribution >= 4 is 11.9 Å². The quantitative estimate of drug-likeness (QED) is 0.296. The smallest absolute Gasteiger partial charge is 0.305 e. The third kappa shape index (κ3) is 7.35. The summed E-state index contributed by atoms with van der Waals surface area (Å²) < 4.78 is 10.7. The molecule has 0 amide bonds. The van der Waals surface area contributed by atoms with Crippen LogP contribution in [0.25, 0.3) is 0 Å². The lowest BCUT2D eigenvalue weighted by Crippen LogP contribution is -2.44. The van der Waals surface area contributed by atoms with Crippen LogP contribution in [-0.4, -0.2) is 39.6 Å². The van der Waals surface area contributed by atoms with E-state index in [2.05, 4.69) is 26.5 Å². The molecule has 0 aromatic heterocycles. The van der Waals surface area contributed by atoms with Gasteiger partial charge in [-0.2, -0.15) is 0 Å². The van der Waals surface area contributed by atoms with E-state index in [0.717, 1.165) is 37.7 Å². The fourth-order valence-corrected chi connectivity index (χ4v) is 7.41. The summed E-state index contributed by atoms with van der Waals surface area (Å²) in [6.07, 6.45) is 12.4. The Labute approximate surface area is 223 Å². The standard InChI is InChI=1S/C31H48O6/c1-20(10-8-16-29(5,6)34)26-14-15-27-24(11-9-17-30(26,27)7)12-13-25-18-31(35,37-23(4)33)19-28(21(25)2)36-22(3)32/h12-13,20,26-28,34-35H,2,8-11,14-19H2,1,3-7H3/b24-12?,25-13-/t20-,26-,27?,28?,30-,31+/m1/s1. The van der Waals surface area contributed by atoms with E-state index in [0.29, 0.717) is 23.3 Å². The monoisotopic (exact) mass is 516 g/mol. The Bertz CT molecular complexity index is 940. The highest BCUT2D eigenvalue weighted by atomic mass is 16.7. The molecule has 3 aliphatic rings. The van der Waals surface area contributed by atoms with Crippen LogP contribution in [0, 0.1) is 23.2 Å². The number of hydrogen-bond donors (Lipinski definition) is 2. The van der Waals surface area contributed by atoms with Gasteiger partial charge in [0.15, 0.2) is 0 Å². The van der Waals surface area contributed by atoms with E-state index in [1.54, 1.807) is 0 Å². The first kappa shape index (κ1) is 29.6. The highest BCUT2D eigenvalue weighted by Gasteiger charge is 2.50. The Morgan fingerprint density at radius 1 is 1.22 bits per heavy atom. The zero-order valence-electron chi connectivity index (χ0n) is 23.8. The molecule has 208 valence electrons. The van der Waals surface area contributed by atoms with E-state index < -0.39 is 29.4 Å². The van der Waals surface area contributed by atoms with Gasteiger partial charge in [-0.25, -0.2) is 0 Å². The maximum absolute atomic E-state index is 11.7. The molecule has 3 saturated carbocycles. The summed E-state index contributed by atoms with van der Waals surface area (Å²) in [5.41, 5.74) is 2.49. The van der Waals surface area contributed by atoms with Gasteiger partial charge in [0.25, 0.3) is 0 Å². The zero-order valence-corrected chi connectivity index (χ0v) is 23.8. The summed E-state index contributed by atoms with van der Waals surface area (Å²) >= 11 is 0. The highest BCUT2D eigenvalue weighted by Crippen LogP contribution is 2.60. The van der Waals surface area contributed by atoms with E-state index in [9.17, 15) is 19.8 Å². The number of fused-ring (bicyclic) bond motifs is 1. The second-order valence-corrected chi connectivity index (χ2v) is 12.8. The minimum absolute atomic E-state index is 0.0212. The number of rotatable bonds is 8. The molecule has 0 aliphatic heterocycles. The van der Waals surface area contributed by atoms with Crippen LogP contribution in [0.5, 0.6) is 0 Å². The summed E-state index contributed by atoms with van der Waals surface area (Å²) in [5, 5.41) is 21.1. The lowest BCUT2D eigenvalue weighted by molar-refractivity contribution is -0.220. The molecule has 37 heavy (non-hydrogen) atoms. The third-order valence-corrected chi connectivity index (χ3v) is 9.09. The Kier molecular flexibility index (Phi) is 9.17. The van der Waals surface area contributed by atoms with E-state index >= 15 is 0 Å². The molecule has 3 fully saturated rings. The van der Waals surface area contributed by atoms with Crippen molar-refractivity contribution in [3.8, 4) is 0 Å². The number of allylic oxidation sites excluding steroid dienone is 3. The predicted molar refractivity (Wildman–Crippen MR) is 144 cm³/mol. The van der Waals surface area contributed by atoms with Gasteiger partial charge in [-0.1, -0.05) is 51.0 Å². The first-order valence-corrected chi connectivity index (χ1v) is 14.0. The summed E-state index contributed by atoms with van der Waals surface area (Å²) in [6.45, 7) is 15.4. The van der Waals surface area contributed by atoms with E-state index in [1.807, 2.05) is 19.9 Å². The summed E-state index contributed by atoms with van der Waals surface area (Å²) in [6, 6.07) is 0. The number of ether oxygens (including phenoxy) is 2. The molecule has 6 nitrogen and oxygen atoms in total. The molecule has 0 aromatic carbocycles. The minimum Gasteiger partial charge on any atom is -0.457 e. The molecule has 3 aliphatic carbocycles. The number of carbonyl (C=O) groups excluding carboxylic acids is 2. The van der Waals surface area contributed by atoms with Crippen LogP contribution >= 0.6 is 0 Å². The molecule has 0 radical (unpaired) electrons. The van der Waals surface area contributed by atoms with Gasteiger partial charge in [0.2, 0.25) is 5.79 Å². The number of hydrogen-bond acceptors (Lipinski definition) is 6. The van der Waals surface area contributed by atoms with E-state index in [4.69, 9.17) is 9.47 Å². The van der Waals surface area contributed by atoms with Gasteiger partial charge in [0, 0.05) is 20.3 Å². The maximum atomic E-state index is 11.7. The maximum Gasteiger partial charge on any atom is 0.305 e. The lowest BCUT2D eigenvalue weighted by atomic mass is 9.60. The first-order chi connectivity index (χ1) is 17.1. The molecule has 0 saturated heterocycles. The Hall–Kier alpha value is -1.92. The molecule has 0 heterocycles. The van der Waals surface area contributed by atoms with Crippen molar-refractivity contribution in [2.75, 3.05) is 0 Å². The van der Waals surface area contributed by atoms with Gasteiger partial charge in [0.05, 0.1) is 12.0 Å². The van der Waals surface area contributed by atoms with Crippen molar-refractivity contribution in [1.29, 1.82) is 0 Å². The Morgan fingerprint density at radius 2 is 1.92 bits per heavy atom. The van der Waals surface area contributed by atoms with Gasteiger partial charge >= 0.3 is 11.9 Å². The molecular weight excluding hydrogens is 468 g/mol. The van der Waals surface area contributed by atoms with Crippen molar-refractivity contribution < 1.29 is 29.3 Å². The largest absolute Gasteiger partial charge is 0.457 e. The second kappa shape index (κ2) is 11.4. The molecule has 2 unspecified atom stereocenters. The van der Waals surface area contributed by atoms with Crippen LogP contribution in [0.3, 0.4) is 0 Å². The van der Waals surface area contributed by atoms with Gasteiger partial charge < -0.3 is 19.7 Å². The molecule has 2 N–H and O–H groups in total. The van der Waals surface area contributed by atoms with Gasteiger partial charge in [0.1, 0.15) is 6.10 Å². The van der Waals surface area contributed by atoms with Crippen LogP contribution < -0.4 is 0 Å². The first-order valence-electron chi connectivity index (χ1n) is 14.0. The lowest BCUT2D eigenvalue weighted by Gasteiger charge is -2.44. The second-order valence-electron chi connectivity index (χ2n) is 12.8. The molecule has 0 aromatic rings. The Balaban J connectivity index is 1.79. The van der Waals surface area contributed by atoms with Crippen molar-refractivity contribution in [3.63, 3.8) is 0 Å². The summed E-state index contributed by atoms with van der Waals surface area (Å²) in [7, 11) is 0. The SMILES string of the molecule is C=C1/C(=C\C=C2CCC[C@@]3(C)C2CC[C@@H]3[C@H](C)CCCC(C)(C)O)C[C@](O)(OC(C)=O)CC1OC(C)=O. The van der Waals surface area contributed by atoms with Crippen LogP contribution in [0.1, 0.15) is 106 Å². The summed E-state index contributed by atoms with van der Waals surface area (Å²) in [5.74, 6) is -0.957. The van der Waals surface area contributed by atoms with E-state index in [-0.39, 0.29) is 18.3 Å². The predicted octanol–water partition coefficient (Wildman–Crippen LogP) is 6.17. The molecule has 0 bridgehead atoms. The van der Waals surface area contributed by atoms with Crippen molar-refractivity contribution in [2.24, 2.45) is 23.2 Å². The highest BCUT2D eigenvalue weighted by molar-refractivity contribution is 5.67. The average Bonchev–Trinajstić information content (AvgIpc) is 3.10. The fraction of sp³-hybridized carbons (Fsp3) is 0.742. The molecular formula is C31H48O6. The molecule has 6 heteroatoms. The van der Waals surface area contributed by atoms with Gasteiger partial charge in [-0.05, 0) is 86.7 Å². The third-order valence-electron chi connectivity index (χ3n) is 9.09.